The second-order valence-corrected chi connectivity index (χ2v) is 4.38. The number of benzene rings is 1. The number of hydrogen-bond acceptors (Lipinski definition) is 4. The Labute approximate surface area is 115 Å². The summed E-state index contributed by atoms with van der Waals surface area (Å²) in [6.07, 6.45) is 0.764. The number of ether oxygens (including phenoxy) is 2. The molecule has 1 heterocycles. The fourth-order valence-electron chi connectivity index (χ4n) is 1.93. The van der Waals surface area contributed by atoms with Gasteiger partial charge in [-0.05, 0) is 24.6 Å². The lowest BCUT2D eigenvalue weighted by atomic mass is 10.2. The van der Waals surface area contributed by atoms with Crippen molar-refractivity contribution in [1.29, 1.82) is 0 Å². The lowest BCUT2D eigenvalue weighted by Gasteiger charge is -2.14. The van der Waals surface area contributed by atoms with Crippen molar-refractivity contribution in [3.05, 3.63) is 23.8 Å². The molecule has 3 N–H and O–H groups in total. The number of hydrogen-bond donors (Lipinski definition) is 3. The van der Waals surface area contributed by atoms with Crippen molar-refractivity contribution in [3.8, 4) is 5.75 Å². The van der Waals surface area contributed by atoms with Crippen LogP contribution in [0.2, 0.25) is 0 Å². The molecule has 108 valence electrons. The first-order valence-corrected chi connectivity index (χ1v) is 6.16. The molecule has 20 heavy (non-hydrogen) atoms. The molecule has 1 aromatic carbocycles. The molecular weight excluding hydrogens is 264 g/mol. The standard InChI is InChI=1S/C13H16N2O5/c1-19-11-3-2-8(12(16)17)6-10(11)15-13(18)14-9-4-5-20-7-9/h2-3,6,9H,4-5,7H2,1H3,(H,16,17)(H2,14,15,18). The third-order valence-electron chi connectivity index (χ3n) is 2.96. The quantitative estimate of drug-likeness (QED) is 0.772. The van der Waals surface area contributed by atoms with Gasteiger partial charge >= 0.3 is 12.0 Å². The van der Waals surface area contributed by atoms with E-state index in [0.29, 0.717) is 24.7 Å². The topological polar surface area (TPSA) is 96.9 Å². The normalized spacial score (nSPS) is 17.6. The lowest BCUT2D eigenvalue weighted by Crippen LogP contribution is -2.38. The Morgan fingerprint density at radius 2 is 2.25 bits per heavy atom. The summed E-state index contributed by atoms with van der Waals surface area (Å²) < 4.78 is 10.2. The van der Waals surface area contributed by atoms with Crippen LogP contribution in [0, 0.1) is 0 Å². The predicted octanol–water partition coefficient (Wildman–Crippen LogP) is 1.30. The third-order valence-corrected chi connectivity index (χ3v) is 2.96. The summed E-state index contributed by atoms with van der Waals surface area (Å²) in [5, 5.41) is 14.3. The van der Waals surface area contributed by atoms with E-state index < -0.39 is 12.0 Å². The number of carboxylic acid groups (broad SMARTS) is 1. The number of carbonyl (C=O) groups excluding carboxylic acids is 1. The van der Waals surface area contributed by atoms with Crippen molar-refractivity contribution >= 4 is 17.7 Å². The molecule has 1 aromatic rings. The van der Waals surface area contributed by atoms with Gasteiger partial charge in [-0.1, -0.05) is 0 Å². The van der Waals surface area contributed by atoms with Crippen molar-refractivity contribution < 1.29 is 24.2 Å². The fraction of sp³-hybridized carbons (Fsp3) is 0.385. The van der Waals surface area contributed by atoms with E-state index in [2.05, 4.69) is 10.6 Å². The summed E-state index contributed by atoms with van der Waals surface area (Å²) >= 11 is 0. The van der Waals surface area contributed by atoms with Crippen LogP contribution in [0.1, 0.15) is 16.8 Å². The average molecular weight is 280 g/mol. The van der Waals surface area contributed by atoms with Crippen LogP contribution < -0.4 is 15.4 Å². The zero-order valence-electron chi connectivity index (χ0n) is 11.0. The number of carbonyl (C=O) groups is 2. The molecule has 1 saturated heterocycles. The molecule has 7 heteroatoms. The maximum absolute atomic E-state index is 11.8. The Morgan fingerprint density at radius 3 is 2.85 bits per heavy atom. The summed E-state index contributed by atoms with van der Waals surface area (Å²) in [6, 6.07) is 3.82. The maximum Gasteiger partial charge on any atom is 0.335 e. The molecule has 0 spiro atoms. The minimum atomic E-state index is -1.07. The zero-order valence-corrected chi connectivity index (χ0v) is 11.0. The highest BCUT2D eigenvalue weighted by Gasteiger charge is 2.18. The predicted molar refractivity (Wildman–Crippen MR) is 71.3 cm³/mol. The summed E-state index contributed by atoms with van der Waals surface area (Å²) in [7, 11) is 1.45. The molecule has 1 unspecified atom stereocenters. The van der Waals surface area contributed by atoms with E-state index in [0.717, 1.165) is 6.42 Å². The first-order chi connectivity index (χ1) is 9.60. The van der Waals surface area contributed by atoms with Crippen molar-refractivity contribution in [2.45, 2.75) is 12.5 Å². The van der Waals surface area contributed by atoms with Gasteiger partial charge in [0, 0.05) is 6.61 Å². The Kier molecular flexibility index (Phi) is 4.41. The van der Waals surface area contributed by atoms with Crippen molar-refractivity contribution in [1.82, 2.24) is 5.32 Å². The molecular formula is C13H16N2O5. The van der Waals surface area contributed by atoms with Gasteiger partial charge in [-0.3, -0.25) is 0 Å². The molecule has 0 aliphatic carbocycles. The molecule has 0 radical (unpaired) electrons. The van der Waals surface area contributed by atoms with E-state index in [9.17, 15) is 9.59 Å². The SMILES string of the molecule is COc1ccc(C(=O)O)cc1NC(=O)NC1CCOC1. The summed E-state index contributed by atoms with van der Waals surface area (Å²) in [6.45, 7) is 1.11. The van der Waals surface area contributed by atoms with E-state index in [-0.39, 0.29) is 11.6 Å². The number of amides is 2. The van der Waals surface area contributed by atoms with E-state index in [1.165, 1.54) is 25.3 Å². The molecule has 0 saturated carbocycles. The van der Waals surface area contributed by atoms with E-state index >= 15 is 0 Å². The van der Waals surface area contributed by atoms with Gasteiger partial charge in [0.1, 0.15) is 5.75 Å². The first-order valence-electron chi connectivity index (χ1n) is 6.16. The molecule has 0 bridgehead atoms. The highest BCUT2D eigenvalue weighted by molar-refractivity contribution is 5.94. The van der Waals surface area contributed by atoms with Crippen LogP contribution in [0.15, 0.2) is 18.2 Å². The Balaban J connectivity index is 2.07. The number of methoxy groups -OCH3 is 1. The van der Waals surface area contributed by atoms with Crippen LogP contribution in [0.3, 0.4) is 0 Å². The molecule has 0 aromatic heterocycles. The number of urea groups is 1. The molecule has 1 aliphatic rings. The Hall–Kier alpha value is -2.28. The molecule has 1 aliphatic heterocycles. The molecule has 2 amide bonds. The van der Waals surface area contributed by atoms with Crippen LogP contribution in [-0.4, -0.2) is 43.5 Å². The number of anilines is 1. The van der Waals surface area contributed by atoms with Crippen LogP contribution >= 0.6 is 0 Å². The second kappa shape index (κ2) is 6.25. The van der Waals surface area contributed by atoms with Gasteiger partial charge in [0.25, 0.3) is 0 Å². The van der Waals surface area contributed by atoms with E-state index in [1.54, 1.807) is 0 Å². The maximum atomic E-state index is 11.8. The lowest BCUT2D eigenvalue weighted by molar-refractivity contribution is 0.0697. The number of nitrogens with one attached hydrogen (secondary N) is 2. The van der Waals surface area contributed by atoms with Gasteiger partial charge in [0.15, 0.2) is 0 Å². The van der Waals surface area contributed by atoms with Crippen LogP contribution in [-0.2, 0) is 4.74 Å². The highest BCUT2D eigenvalue weighted by Crippen LogP contribution is 2.25. The van der Waals surface area contributed by atoms with Crippen molar-refractivity contribution in [3.63, 3.8) is 0 Å². The molecule has 1 atom stereocenters. The average Bonchev–Trinajstić information content (AvgIpc) is 2.91. The van der Waals surface area contributed by atoms with Crippen LogP contribution in [0.4, 0.5) is 10.5 Å². The minimum absolute atomic E-state index is 0.0244. The smallest absolute Gasteiger partial charge is 0.335 e. The second-order valence-electron chi connectivity index (χ2n) is 4.38. The highest BCUT2D eigenvalue weighted by atomic mass is 16.5. The first kappa shape index (κ1) is 14.1. The van der Waals surface area contributed by atoms with Gasteiger partial charge in [0.05, 0.1) is 31.0 Å². The van der Waals surface area contributed by atoms with Crippen molar-refractivity contribution in [2.24, 2.45) is 0 Å². The van der Waals surface area contributed by atoms with Gasteiger partial charge in [-0.2, -0.15) is 0 Å². The van der Waals surface area contributed by atoms with Crippen molar-refractivity contribution in [2.75, 3.05) is 25.6 Å². The molecule has 2 rings (SSSR count). The molecule has 1 fully saturated rings. The summed E-state index contributed by atoms with van der Waals surface area (Å²) in [5.74, 6) is -0.673. The third kappa shape index (κ3) is 3.39. The largest absolute Gasteiger partial charge is 0.495 e. The Bertz CT molecular complexity index is 511. The van der Waals surface area contributed by atoms with Gasteiger partial charge in [-0.15, -0.1) is 0 Å². The van der Waals surface area contributed by atoms with Gasteiger partial charge < -0.3 is 25.2 Å². The number of rotatable bonds is 4. The molecule has 7 nitrogen and oxygen atoms in total. The monoisotopic (exact) mass is 280 g/mol. The zero-order chi connectivity index (χ0) is 14.5. The minimum Gasteiger partial charge on any atom is -0.495 e. The van der Waals surface area contributed by atoms with Crippen LogP contribution in [0.5, 0.6) is 5.75 Å². The van der Waals surface area contributed by atoms with E-state index in [1.807, 2.05) is 0 Å². The summed E-state index contributed by atoms with van der Waals surface area (Å²) in [4.78, 5) is 22.8. The number of carboxylic acids is 1. The fourth-order valence-corrected chi connectivity index (χ4v) is 1.93. The van der Waals surface area contributed by atoms with E-state index in [4.69, 9.17) is 14.6 Å². The summed E-state index contributed by atoms with van der Waals surface area (Å²) in [5.41, 5.74) is 0.383. The number of aromatic carboxylic acids is 1. The van der Waals surface area contributed by atoms with Gasteiger partial charge in [0.2, 0.25) is 0 Å². The van der Waals surface area contributed by atoms with Gasteiger partial charge in [-0.25, -0.2) is 9.59 Å². The van der Waals surface area contributed by atoms with Crippen LogP contribution in [0.25, 0.3) is 0 Å². The Morgan fingerprint density at radius 1 is 1.45 bits per heavy atom.